The smallest absolute Gasteiger partial charge is 0.247 e. The van der Waals surface area contributed by atoms with Crippen molar-refractivity contribution in [3.8, 4) is 0 Å². The number of nitrogens with zero attached hydrogens (tertiary/aromatic N) is 3. The normalized spacial score (nSPS) is 22.8. The summed E-state index contributed by atoms with van der Waals surface area (Å²) in [4.78, 5) is 56.6. The Hall–Kier alpha value is -3.48. The highest BCUT2D eigenvalue weighted by atomic mass is 16.2. The molecule has 170 valence electrons. The van der Waals surface area contributed by atoms with Crippen LogP contribution in [0.15, 0.2) is 54.6 Å². The molecule has 0 bridgehead atoms. The van der Waals surface area contributed by atoms with Crippen LogP contribution in [-0.2, 0) is 25.7 Å². The number of piperidine rings is 1. The Morgan fingerprint density at radius 3 is 2.18 bits per heavy atom. The lowest BCUT2D eigenvalue weighted by Gasteiger charge is -2.33. The minimum absolute atomic E-state index is 0.0224. The molecule has 0 radical (unpaired) electrons. The van der Waals surface area contributed by atoms with E-state index in [1.807, 2.05) is 54.6 Å². The third-order valence-corrected chi connectivity index (χ3v) is 6.96. The van der Waals surface area contributed by atoms with Gasteiger partial charge >= 0.3 is 0 Å². The molecule has 1 saturated carbocycles. The molecule has 7 heteroatoms. The van der Waals surface area contributed by atoms with E-state index in [1.165, 1.54) is 0 Å². The largest absolute Gasteiger partial charge is 0.306 e. The number of imide groups is 1. The highest BCUT2D eigenvalue weighted by Gasteiger charge is 2.46. The maximum Gasteiger partial charge on any atom is 0.247 e. The molecule has 3 aliphatic rings. The van der Waals surface area contributed by atoms with Crippen molar-refractivity contribution in [2.45, 2.75) is 51.1 Å². The van der Waals surface area contributed by atoms with Crippen LogP contribution in [0.3, 0.4) is 0 Å². The van der Waals surface area contributed by atoms with Crippen molar-refractivity contribution in [2.24, 2.45) is 5.92 Å². The summed E-state index contributed by atoms with van der Waals surface area (Å²) >= 11 is 0. The molecular formula is C26H27N3O4. The lowest BCUT2D eigenvalue weighted by Crippen LogP contribution is -2.51. The maximum atomic E-state index is 13.7. The number of carbonyl (C=O) groups excluding carboxylic acids is 4. The van der Waals surface area contributed by atoms with Gasteiger partial charge in [0.15, 0.2) is 0 Å². The van der Waals surface area contributed by atoms with E-state index in [4.69, 9.17) is 0 Å². The van der Waals surface area contributed by atoms with Crippen LogP contribution in [0, 0.1) is 5.92 Å². The molecule has 2 heterocycles. The fourth-order valence-electron chi connectivity index (χ4n) is 5.37. The Morgan fingerprint density at radius 1 is 0.788 bits per heavy atom. The highest BCUT2D eigenvalue weighted by Crippen LogP contribution is 2.43. The number of carbonyl (C=O) groups is 4. The molecule has 2 aromatic rings. The molecule has 0 unspecified atom stereocenters. The molecule has 1 aliphatic carbocycles. The summed E-state index contributed by atoms with van der Waals surface area (Å²) in [6.45, 7) is 0.146. The quantitative estimate of drug-likeness (QED) is 0.677. The predicted octanol–water partition coefficient (Wildman–Crippen LogP) is 3.27. The van der Waals surface area contributed by atoms with Crippen molar-refractivity contribution in [3.63, 3.8) is 0 Å². The minimum Gasteiger partial charge on any atom is -0.306 e. The molecule has 1 saturated heterocycles. The first-order valence-corrected chi connectivity index (χ1v) is 11.6. The van der Waals surface area contributed by atoms with Gasteiger partial charge in [0.25, 0.3) is 0 Å². The summed E-state index contributed by atoms with van der Waals surface area (Å²) in [6.07, 6.45) is 3.39. The van der Waals surface area contributed by atoms with Crippen LogP contribution in [0.5, 0.6) is 0 Å². The van der Waals surface area contributed by atoms with Gasteiger partial charge in [0.1, 0.15) is 6.54 Å². The van der Waals surface area contributed by atoms with Crippen LogP contribution in [-0.4, -0.2) is 41.1 Å². The number of amides is 4. The van der Waals surface area contributed by atoms with Crippen molar-refractivity contribution >= 4 is 35.0 Å². The average molecular weight is 446 g/mol. The molecule has 0 spiro atoms. The molecule has 5 rings (SSSR count). The standard InChI is InChI=1S/C26H27N3O4/c30-23-14-7-15-24(31)28(23)17-25(32)29-20-13-6-10-19(20)26(33)27(16-18-8-2-1-3-9-18)21-11-4-5-12-22(21)29/h1-5,8-9,11-12,19-20H,6-7,10,13-17H2/t19-,20+/m0/s1. The van der Waals surface area contributed by atoms with Crippen molar-refractivity contribution in [3.05, 3.63) is 60.2 Å². The Kier molecular flexibility index (Phi) is 5.70. The molecule has 7 nitrogen and oxygen atoms in total. The van der Waals surface area contributed by atoms with Gasteiger partial charge in [0, 0.05) is 18.9 Å². The Balaban J connectivity index is 1.53. The highest BCUT2D eigenvalue weighted by molar-refractivity contribution is 6.09. The van der Waals surface area contributed by atoms with E-state index in [2.05, 4.69) is 0 Å². The molecular weight excluding hydrogens is 418 g/mol. The number of likely N-dealkylation sites (tertiary alicyclic amines) is 1. The van der Waals surface area contributed by atoms with E-state index in [0.717, 1.165) is 23.3 Å². The van der Waals surface area contributed by atoms with Crippen molar-refractivity contribution in [1.29, 1.82) is 0 Å². The van der Waals surface area contributed by atoms with Gasteiger partial charge in [0.05, 0.1) is 23.8 Å². The molecule has 33 heavy (non-hydrogen) atoms. The Bertz CT molecular complexity index is 1080. The fourth-order valence-corrected chi connectivity index (χ4v) is 5.37. The van der Waals surface area contributed by atoms with E-state index in [0.29, 0.717) is 30.8 Å². The lowest BCUT2D eigenvalue weighted by atomic mass is 10.0. The number of fused-ring (bicyclic) bond motifs is 2. The van der Waals surface area contributed by atoms with Gasteiger partial charge in [0.2, 0.25) is 23.6 Å². The van der Waals surface area contributed by atoms with Crippen LogP contribution in [0.4, 0.5) is 11.4 Å². The number of hydrogen-bond acceptors (Lipinski definition) is 4. The summed E-state index contributed by atoms with van der Waals surface area (Å²) in [5, 5.41) is 0. The third kappa shape index (κ3) is 3.92. The van der Waals surface area contributed by atoms with Crippen molar-refractivity contribution < 1.29 is 19.2 Å². The molecule has 0 N–H and O–H groups in total. The van der Waals surface area contributed by atoms with Crippen molar-refractivity contribution in [2.75, 3.05) is 16.3 Å². The van der Waals surface area contributed by atoms with Crippen LogP contribution in [0.25, 0.3) is 0 Å². The number of anilines is 2. The van der Waals surface area contributed by atoms with E-state index >= 15 is 0 Å². The first-order chi connectivity index (χ1) is 16.0. The zero-order valence-corrected chi connectivity index (χ0v) is 18.5. The van der Waals surface area contributed by atoms with Gasteiger partial charge in [-0.2, -0.15) is 0 Å². The van der Waals surface area contributed by atoms with Crippen LogP contribution in [0.1, 0.15) is 44.1 Å². The van der Waals surface area contributed by atoms with Gasteiger partial charge in [-0.1, -0.05) is 48.9 Å². The minimum atomic E-state index is -0.308. The topological polar surface area (TPSA) is 78.0 Å². The maximum absolute atomic E-state index is 13.7. The van der Waals surface area contributed by atoms with E-state index < -0.39 is 0 Å². The molecule has 4 amide bonds. The monoisotopic (exact) mass is 445 g/mol. The van der Waals surface area contributed by atoms with Crippen molar-refractivity contribution in [1.82, 2.24) is 4.90 Å². The van der Waals surface area contributed by atoms with Crippen LogP contribution >= 0.6 is 0 Å². The van der Waals surface area contributed by atoms with Gasteiger partial charge < -0.3 is 9.80 Å². The molecule has 2 aromatic carbocycles. The number of hydrogen-bond donors (Lipinski definition) is 0. The zero-order chi connectivity index (χ0) is 22.9. The Labute approximate surface area is 193 Å². The van der Waals surface area contributed by atoms with Crippen LogP contribution < -0.4 is 9.80 Å². The second-order valence-corrected chi connectivity index (χ2v) is 8.99. The van der Waals surface area contributed by atoms with Gasteiger partial charge in [-0.15, -0.1) is 0 Å². The van der Waals surface area contributed by atoms with Gasteiger partial charge in [-0.05, 0) is 37.0 Å². The molecule has 2 atom stereocenters. The van der Waals surface area contributed by atoms with E-state index in [-0.39, 0.29) is 55.0 Å². The molecule has 0 aromatic heterocycles. The number of benzene rings is 2. The molecule has 2 aliphatic heterocycles. The molecule has 2 fully saturated rings. The average Bonchev–Trinajstić information content (AvgIpc) is 3.27. The zero-order valence-electron chi connectivity index (χ0n) is 18.5. The summed E-state index contributed by atoms with van der Waals surface area (Å²) in [5.41, 5.74) is 2.36. The number of rotatable bonds is 4. The van der Waals surface area contributed by atoms with Gasteiger partial charge in [-0.3, -0.25) is 24.1 Å². The second kappa shape index (κ2) is 8.81. The van der Waals surface area contributed by atoms with Gasteiger partial charge in [-0.25, -0.2) is 0 Å². The third-order valence-electron chi connectivity index (χ3n) is 6.96. The summed E-state index contributed by atoms with van der Waals surface area (Å²) < 4.78 is 0. The van der Waals surface area contributed by atoms with E-state index in [9.17, 15) is 19.2 Å². The summed E-state index contributed by atoms with van der Waals surface area (Å²) in [7, 11) is 0. The number of para-hydroxylation sites is 2. The summed E-state index contributed by atoms with van der Waals surface area (Å²) in [5.74, 6) is -1.19. The SMILES string of the molecule is O=C1CCCC(=O)N1CC(=O)N1c2ccccc2N(Cc2ccccc2)C(=O)[C@H]2CCC[C@H]21. The first kappa shape index (κ1) is 21.4. The predicted molar refractivity (Wildman–Crippen MR) is 123 cm³/mol. The van der Waals surface area contributed by atoms with E-state index in [1.54, 1.807) is 9.80 Å². The Morgan fingerprint density at radius 2 is 1.45 bits per heavy atom. The van der Waals surface area contributed by atoms with Crippen LogP contribution in [0.2, 0.25) is 0 Å². The first-order valence-electron chi connectivity index (χ1n) is 11.6. The second-order valence-electron chi connectivity index (χ2n) is 8.99. The fraction of sp³-hybridized carbons (Fsp3) is 0.385. The lowest BCUT2D eigenvalue weighted by molar-refractivity contribution is -0.150. The summed E-state index contributed by atoms with van der Waals surface area (Å²) in [6, 6.07) is 17.0.